The first-order chi connectivity index (χ1) is 17.2. The zero-order valence-corrected chi connectivity index (χ0v) is 21.3. The minimum atomic E-state index is -0.622. The number of hydrogen-bond donors (Lipinski definition) is 1. The molecule has 0 saturated carbocycles. The van der Waals surface area contributed by atoms with Crippen LogP contribution in [0.4, 0.5) is 14.5 Å². The number of nitrogens with one attached hydrogen (secondary N) is 1. The number of anilines is 1. The van der Waals surface area contributed by atoms with Crippen molar-refractivity contribution in [3.63, 3.8) is 0 Å². The molecule has 9 heteroatoms. The first kappa shape index (κ1) is 26.3. The van der Waals surface area contributed by atoms with Crippen molar-refractivity contribution >= 4 is 35.2 Å². The highest BCUT2D eigenvalue weighted by molar-refractivity contribution is 6.31. The fourth-order valence-corrected chi connectivity index (χ4v) is 5.39. The van der Waals surface area contributed by atoms with Crippen molar-refractivity contribution in [2.75, 3.05) is 51.6 Å². The molecule has 0 radical (unpaired) electrons. The van der Waals surface area contributed by atoms with Crippen molar-refractivity contribution in [3.05, 3.63) is 70.3 Å². The quantitative estimate of drug-likeness (QED) is 0.608. The second-order valence-electron chi connectivity index (χ2n) is 9.89. The molecular weight excluding hydrogens is 486 g/mol. The van der Waals surface area contributed by atoms with Crippen molar-refractivity contribution in [2.45, 2.75) is 13.5 Å². The topological polar surface area (TPSA) is 55.9 Å². The highest BCUT2D eigenvalue weighted by atomic mass is 35.5. The molecule has 5 rings (SSSR count). The molecule has 3 aliphatic rings. The molecule has 6 nitrogen and oxygen atoms in total. The number of benzene rings is 2. The van der Waals surface area contributed by atoms with Gasteiger partial charge >= 0.3 is 0 Å². The van der Waals surface area contributed by atoms with Crippen LogP contribution in [0.2, 0.25) is 5.02 Å². The molecular formula is C27H31ClF2N4O2. The second kappa shape index (κ2) is 11.5. The Morgan fingerprint density at radius 1 is 1.03 bits per heavy atom. The summed E-state index contributed by atoms with van der Waals surface area (Å²) < 4.78 is 27.4. The number of carbonyl (C=O) groups is 2. The van der Waals surface area contributed by atoms with E-state index in [1.807, 2.05) is 17.0 Å². The Kier molecular flexibility index (Phi) is 8.39. The number of amides is 2. The number of nitrogens with zero attached hydrogens (tertiary/aromatic N) is 3. The largest absolute Gasteiger partial charge is 0.338 e. The van der Waals surface area contributed by atoms with Gasteiger partial charge in [0.25, 0.3) is 0 Å². The average Bonchev–Trinajstić information content (AvgIpc) is 2.77. The summed E-state index contributed by atoms with van der Waals surface area (Å²) in [6, 6.07) is 9.18. The lowest BCUT2D eigenvalue weighted by Crippen LogP contribution is -2.55. The van der Waals surface area contributed by atoms with Gasteiger partial charge in [0, 0.05) is 81.9 Å². The molecule has 3 heterocycles. The summed E-state index contributed by atoms with van der Waals surface area (Å²) in [6.45, 7) is 6.73. The number of fused-ring (bicyclic) bond motifs is 6. The van der Waals surface area contributed by atoms with Crippen LogP contribution in [0.25, 0.3) is 6.08 Å². The Morgan fingerprint density at radius 3 is 2.28 bits per heavy atom. The Hall–Kier alpha value is -2.81. The molecule has 2 unspecified atom stereocenters. The van der Waals surface area contributed by atoms with Crippen LogP contribution in [0.1, 0.15) is 18.1 Å². The van der Waals surface area contributed by atoms with Crippen molar-refractivity contribution in [1.29, 1.82) is 0 Å². The highest BCUT2D eigenvalue weighted by Gasteiger charge is 2.32. The molecule has 0 aliphatic carbocycles. The molecule has 2 bridgehead atoms. The molecule has 36 heavy (non-hydrogen) atoms. The third-order valence-electron chi connectivity index (χ3n) is 6.57. The van der Waals surface area contributed by atoms with Gasteiger partial charge in [0.15, 0.2) is 0 Å². The van der Waals surface area contributed by atoms with E-state index in [0.717, 1.165) is 38.3 Å². The van der Waals surface area contributed by atoms with Crippen LogP contribution in [0.3, 0.4) is 0 Å². The molecule has 0 spiro atoms. The molecule has 192 valence electrons. The van der Waals surface area contributed by atoms with Gasteiger partial charge in [-0.3, -0.25) is 14.5 Å². The number of hydrogen-bond acceptors (Lipinski definition) is 4. The van der Waals surface area contributed by atoms with Crippen LogP contribution >= 0.6 is 11.6 Å². The minimum Gasteiger partial charge on any atom is -0.338 e. The zero-order valence-electron chi connectivity index (χ0n) is 20.5. The monoisotopic (exact) mass is 516 g/mol. The zero-order chi connectivity index (χ0) is 25.8. The maximum Gasteiger partial charge on any atom is 0.246 e. The summed E-state index contributed by atoms with van der Waals surface area (Å²) in [7, 11) is 2.12. The number of carbonyl (C=O) groups excluding carboxylic acids is 2. The van der Waals surface area contributed by atoms with Gasteiger partial charge in [-0.05, 0) is 43.0 Å². The molecule has 3 aliphatic heterocycles. The second-order valence-corrected chi connectivity index (χ2v) is 10.3. The summed E-state index contributed by atoms with van der Waals surface area (Å²) in [6.07, 6.45) is 2.96. The van der Waals surface area contributed by atoms with E-state index in [1.54, 1.807) is 0 Å². The lowest BCUT2D eigenvalue weighted by atomic mass is 9.96. The predicted octanol–water partition coefficient (Wildman–Crippen LogP) is 4.11. The van der Waals surface area contributed by atoms with Crippen molar-refractivity contribution in [3.8, 4) is 0 Å². The lowest BCUT2D eigenvalue weighted by Gasteiger charge is -2.44. The van der Waals surface area contributed by atoms with Gasteiger partial charge in [-0.15, -0.1) is 0 Å². The third-order valence-corrected chi connectivity index (χ3v) is 6.86. The van der Waals surface area contributed by atoms with Gasteiger partial charge in [-0.25, -0.2) is 8.78 Å². The predicted molar refractivity (Wildman–Crippen MR) is 137 cm³/mol. The summed E-state index contributed by atoms with van der Waals surface area (Å²) in [4.78, 5) is 31.4. The first-order valence-corrected chi connectivity index (χ1v) is 12.4. The van der Waals surface area contributed by atoms with Gasteiger partial charge in [-0.1, -0.05) is 23.7 Å². The summed E-state index contributed by atoms with van der Waals surface area (Å²) >= 11 is 5.87. The SMILES string of the molecule is CC(=O)Nc1cc(Cl)c(F)cc1C=CC(=O)N1CC2CN(C)CC(CN(Cc3ccc(F)cc3)C2)C1. The van der Waals surface area contributed by atoms with E-state index in [0.29, 0.717) is 24.3 Å². The van der Waals surface area contributed by atoms with Crippen molar-refractivity contribution in [2.24, 2.45) is 11.8 Å². The van der Waals surface area contributed by atoms with E-state index < -0.39 is 5.82 Å². The van der Waals surface area contributed by atoms with Gasteiger partial charge in [-0.2, -0.15) is 0 Å². The van der Waals surface area contributed by atoms with E-state index in [1.165, 1.54) is 43.3 Å². The van der Waals surface area contributed by atoms with Crippen LogP contribution in [0.15, 0.2) is 42.5 Å². The Morgan fingerprint density at radius 2 is 1.67 bits per heavy atom. The maximum atomic E-state index is 14.1. The maximum absolute atomic E-state index is 14.1. The summed E-state index contributed by atoms with van der Waals surface area (Å²) in [5.74, 6) is -0.829. The molecule has 3 saturated heterocycles. The van der Waals surface area contributed by atoms with Crippen LogP contribution in [0.5, 0.6) is 0 Å². The Labute approximate surface area is 215 Å². The summed E-state index contributed by atoms with van der Waals surface area (Å²) in [5.41, 5.74) is 1.79. The van der Waals surface area contributed by atoms with Crippen LogP contribution in [-0.4, -0.2) is 72.8 Å². The normalized spacial score (nSPS) is 21.3. The fraction of sp³-hybridized carbons (Fsp3) is 0.407. The van der Waals surface area contributed by atoms with Gasteiger partial charge < -0.3 is 15.1 Å². The van der Waals surface area contributed by atoms with E-state index >= 15 is 0 Å². The summed E-state index contributed by atoms with van der Waals surface area (Å²) in [5, 5.41) is 2.53. The van der Waals surface area contributed by atoms with Gasteiger partial charge in [0.2, 0.25) is 11.8 Å². The first-order valence-electron chi connectivity index (χ1n) is 12.0. The van der Waals surface area contributed by atoms with Gasteiger partial charge in [0.05, 0.1) is 5.02 Å². The molecule has 2 aromatic rings. The fourth-order valence-electron chi connectivity index (χ4n) is 5.23. The van der Waals surface area contributed by atoms with E-state index in [4.69, 9.17) is 11.6 Å². The molecule has 2 aromatic carbocycles. The standard InChI is InChI=1S/C27H31ClF2N4O2/c1-18(35)31-26-10-24(28)25(30)9-22(26)5-8-27(36)34-16-20-11-32(2)12-21(17-34)15-33(14-20)13-19-3-6-23(29)7-4-19/h3-10,20-21H,11-17H2,1-2H3,(H,31,35). The van der Waals surface area contributed by atoms with Crippen LogP contribution in [0, 0.1) is 23.5 Å². The smallest absolute Gasteiger partial charge is 0.246 e. The van der Waals surface area contributed by atoms with Crippen LogP contribution in [-0.2, 0) is 16.1 Å². The molecule has 0 aromatic heterocycles. The highest BCUT2D eigenvalue weighted by Crippen LogP contribution is 2.26. The molecule has 3 fully saturated rings. The Balaban J connectivity index is 1.48. The lowest BCUT2D eigenvalue weighted by molar-refractivity contribution is -0.129. The molecule has 2 amide bonds. The van der Waals surface area contributed by atoms with Crippen molar-refractivity contribution < 1.29 is 18.4 Å². The van der Waals surface area contributed by atoms with E-state index in [-0.39, 0.29) is 34.5 Å². The third kappa shape index (κ3) is 6.90. The van der Waals surface area contributed by atoms with E-state index in [9.17, 15) is 18.4 Å². The number of halogens is 3. The molecule has 2 atom stereocenters. The Bertz CT molecular complexity index is 1120. The van der Waals surface area contributed by atoms with E-state index in [2.05, 4.69) is 22.2 Å². The van der Waals surface area contributed by atoms with Gasteiger partial charge in [0.1, 0.15) is 11.6 Å². The number of rotatable bonds is 5. The molecule has 1 N–H and O–H groups in total. The minimum absolute atomic E-state index is 0.104. The average molecular weight is 517 g/mol. The van der Waals surface area contributed by atoms with Crippen molar-refractivity contribution in [1.82, 2.24) is 14.7 Å². The van der Waals surface area contributed by atoms with Crippen LogP contribution < -0.4 is 5.32 Å².